The van der Waals surface area contributed by atoms with Crippen molar-refractivity contribution in [3.8, 4) is 5.75 Å². The summed E-state index contributed by atoms with van der Waals surface area (Å²) in [5.74, 6) is -1.95. The van der Waals surface area contributed by atoms with Crippen LogP contribution in [0.2, 0.25) is 0 Å². The van der Waals surface area contributed by atoms with E-state index in [2.05, 4.69) is 30.6 Å². The number of aromatic amines is 1. The average molecular weight is 743 g/mol. The number of dihydropyridines is 1. The molecular weight excluding hydrogens is 713 g/mol. The number of allylic oxidation sites excluding steroid dienone is 2. The Balaban J connectivity index is 1.08. The number of thiophene rings is 1. The number of alkyl halides is 2. The lowest BCUT2D eigenvalue weighted by Gasteiger charge is -2.42. The van der Waals surface area contributed by atoms with Gasteiger partial charge in [-0.1, -0.05) is 18.2 Å². The Morgan fingerprint density at radius 1 is 1.08 bits per heavy atom. The van der Waals surface area contributed by atoms with Crippen LogP contribution in [0.5, 0.6) is 5.75 Å². The molecule has 2 aromatic carbocycles. The van der Waals surface area contributed by atoms with Crippen molar-refractivity contribution in [1.29, 1.82) is 0 Å². The highest BCUT2D eigenvalue weighted by atomic mass is 32.1. The smallest absolute Gasteiger partial charge is 0.431 e. The van der Waals surface area contributed by atoms with Gasteiger partial charge in [0.2, 0.25) is 5.89 Å². The summed E-state index contributed by atoms with van der Waals surface area (Å²) in [4.78, 5) is 34.3. The number of rotatable bonds is 9. The number of aryl methyl sites for hydroxylation is 1. The van der Waals surface area contributed by atoms with Gasteiger partial charge in [-0.25, -0.2) is 23.7 Å². The van der Waals surface area contributed by atoms with E-state index >= 15 is 0 Å². The normalized spacial score (nSPS) is 24.1. The minimum Gasteiger partial charge on any atom is -0.431 e. The fourth-order valence-corrected chi connectivity index (χ4v) is 10.4. The Morgan fingerprint density at radius 3 is 2.68 bits per heavy atom. The Bertz CT molecular complexity index is 2470. The van der Waals surface area contributed by atoms with Gasteiger partial charge in [0.25, 0.3) is 5.91 Å². The second-order valence-electron chi connectivity index (χ2n) is 14.3. The number of halogens is 4. The molecule has 3 aromatic heterocycles. The SMILES string of the molecule is O=C1C2=C(NC(CCc3ccc(F)cc3)=C(c3n[nH]c(=O)o3)C2c2cc3ccnc(N[C@@H]4CCc5c4ccc(F)c5OC(F)F)c3s2)C23CC(CN12)C3. The van der Waals surface area contributed by atoms with Gasteiger partial charge in [0.15, 0.2) is 11.6 Å². The summed E-state index contributed by atoms with van der Waals surface area (Å²) in [5, 5.41) is 14.6. The molecule has 7 heterocycles. The molecule has 3 N–H and O–H groups in total. The quantitative estimate of drug-likeness (QED) is 0.139. The van der Waals surface area contributed by atoms with Crippen molar-refractivity contribution in [3.63, 3.8) is 0 Å². The van der Waals surface area contributed by atoms with Crippen LogP contribution in [0.3, 0.4) is 0 Å². The summed E-state index contributed by atoms with van der Waals surface area (Å²) in [6.45, 7) is -2.47. The molecule has 2 aliphatic carbocycles. The summed E-state index contributed by atoms with van der Waals surface area (Å²) >= 11 is 1.45. The van der Waals surface area contributed by atoms with Gasteiger partial charge >= 0.3 is 12.4 Å². The van der Waals surface area contributed by atoms with Gasteiger partial charge in [0.1, 0.15) is 11.6 Å². The van der Waals surface area contributed by atoms with E-state index in [1.807, 2.05) is 17.0 Å². The van der Waals surface area contributed by atoms with Crippen molar-refractivity contribution in [2.75, 3.05) is 11.9 Å². The number of hydrogen-bond acceptors (Lipinski definition) is 9. The Labute approximate surface area is 302 Å². The maximum Gasteiger partial charge on any atom is 0.434 e. The molecule has 1 spiro atoms. The molecule has 1 unspecified atom stereocenters. The van der Waals surface area contributed by atoms with Crippen molar-refractivity contribution < 1.29 is 31.5 Å². The zero-order valence-electron chi connectivity index (χ0n) is 27.9. The second-order valence-corrected chi connectivity index (χ2v) is 15.4. The molecule has 11 rings (SSSR count). The molecule has 1 amide bonds. The predicted molar refractivity (Wildman–Crippen MR) is 186 cm³/mol. The highest BCUT2D eigenvalue weighted by Gasteiger charge is 2.66. The first-order valence-corrected chi connectivity index (χ1v) is 18.3. The van der Waals surface area contributed by atoms with Crippen molar-refractivity contribution in [2.45, 2.75) is 62.6 Å². The molecule has 2 saturated heterocycles. The largest absolute Gasteiger partial charge is 0.434 e. The number of carbonyl (C=O) groups is 1. The maximum atomic E-state index is 14.5. The van der Waals surface area contributed by atoms with Gasteiger partial charge in [0, 0.05) is 34.5 Å². The van der Waals surface area contributed by atoms with Gasteiger partial charge in [-0.05, 0) is 91.3 Å². The number of benzene rings is 2. The van der Waals surface area contributed by atoms with Crippen LogP contribution in [0, 0.1) is 17.6 Å². The number of nitrogens with one attached hydrogen (secondary N) is 3. The number of nitrogens with zero attached hydrogens (tertiary/aromatic N) is 3. The molecule has 15 heteroatoms. The first-order valence-electron chi connectivity index (χ1n) is 17.4. The third-order valence-electron chi connectivity index (χ3n) is 11.4. The molecule has 10 nitrogen and oxygen atoms in total. The molecule has 2 atom stereocenters. The van der Waals surface area contributed by atoms with Crippen LogP contribution >= 0.6 is 11.3 Å². The minimum atomic E-state index is -3.15. The summed E-state index contributed by atoms with van der Waals surface area (Å²) in [6, 6.07) is 12.6. The first kappa shape index (κ1) is 32.2. The van der Waals surface area contributed by atoms with E-state index in [9.17, 15) is 27.2 Å². The third-order valence-corrected chi connectivity index (χ3v) is 12.6. The topological polar surface area (TPSA) is 125 Å². The Morgan fingerprint density at radius 2 is 1.91 bits per heavy atom. The monoisotopic (exact) mass is 742 g/mol. The number of pyridine rings is 1. The first-order chi connectivity index (χ1) is 25.7. The zero-order valence-corrected chi connectivity index (χ0v) is 28.7. The molecule has 4 aliphatic heterocycles. The van der Waals surface area contributed by atoms with E-state index in [4.69, 9.17) is 4.42 Å². The van der Waals surface area contributed by atoms with Crippen LogP contribution in [0.25, 0.3) is 15.7 Å². The van der Waals surface area contributed by atoms with Gasteiger partial charge in [0.05, 0.1) is 33.5 Å². The van der Waals surface area contributed by atoms with Crippen LogP contribution in [0.1, 0.15) is 65.1 Å². The summed E-state index contributed by atoms with van der Waals surface area (Å²) in [5.41, 5.74) is 4.37. The fraction of sp³-hybridized carbons (Fsp3) is 0.316. The Kier molecular flexibility index (Phi) is 7.17. The summed E-state index contributed by atoms with van der Waals surface area (Å²) < 4.78 is 65.6. The fourth-order valence-electron chi connectivity index (χ4n) is 9.19. The van der Waals surface area contributed by atoms with Crippen LogP contribution in [0.15, 0.2) is 80.9 Å². The number of anilines is 1. The van der Waals surface area contributed by atoms with Crippen LogP contribution in [0.4, 0.5) is 23.4 Å². The van der Waals surface area contributed by atoms with E-state index in [0.29, 0.717) is 66.2 Å². The predicted octanol–water partition coefficient (Wildman–Crippen LogP) is 6.94. The number of ether oxygens (including phenoxy) is 1. The maximum absolute atomic E-state index is 14.5. The molecule has 270 valence electrons. The Hall–Kier alpha value is -5.44. The highest BCUT2D eigenvalue weighted by molar-refractivity contribution is 7.19. The van der Waals surface area contributed by atoms with Crippen molar-refractivity contribution in [3.05, 3.63) is 121 Å². The van der Waals surface area contributed by atoms with E-state index < -0.39 is 35.4 Å². The van der Waals surface area contributed by atoms with Gasteiger partial charge in [-0.15, -0.1) is 16.4 Å². The number of amides is 1. The lowest BCUT2D eigenvalue weighted by molar-refractivity contribution is -0.127. The van der Waals surface area contributed by atoms with E-state index in [-0.39, 0.29) is 23.7 Å². The highest BCUT2D eigenvalue weighted by Crippen LogP contribution is 2.62. The molecule has 5 aromatic rings. The molecule has 6 aliphatic rings. The number of fused-ring (bicyclic) bond motifs is 2. The molecular formula is C38H30F4N6O4S. The molecule has 2 bridgehead atoms. The number of hydrogen-bond donors (Lipinski definition) is 3. The lowest BCUT2D eigenvalue weighted by atomic mass is 9.69. The number of carbonyl (C=O) groups excluding carboxylic acids is 1. The van der Waals surface area contributed by atoms with Gasteiger partial charge < -0.3 is 24.7 Å². The standard InChI is InChI=1S/C38H30F4N6O4S/c39-20-4-1-17(2-5-20)3-9-25-27(34-46-47-37(50)52-34)28(29-32(44-25)38-14-18(15-38)16-48(38)35(29)49)26-13-19-11-12-43-33(31(19)53-26)45-24-10-7-22-21(24)6-8-23(40)30(22)51-36(41)42/h1-2,4-6,8,11-13,18,24,28,36,44H,3,7,9-10,14-16H2,(H,43,45)(H,47,50)/t18?,24-,28?,38?/m1/s1. The molecule has 53 heavy (non-hydrogen) atoms. The third kappa shape index (κ3) is 4.96. The molecule has 3 fully saturated rings. The van der Waals surface area contributed by atoms with Crippen molar-refractivity contribution in [1.82, 2.24) is 25.4 Å². The summed E-state index contributed by atoms with van der Waals surface area (Å²) in [6.07, 6.45) is 5.28. The lowest BCUT2D eigenvalue weighted by Crippen LogP contribution is -2.48. The van der Waals surface area contributed by atoms with E-state index in [1.54, 1.807) is 24.4 Å². The van der Waals surface area contributed by atoms with Crippen LogP contribution in [-0.2, 0) is 17.6 Å². The van der Waals surface area contributed by atoms with E-state index in [1.165, 1.54) is 23.5 Å². The van der Waals surface area contributed by atoms with Crippen molar-refractivity contribution in [2.24, 2.45) is 5.92 Å². The summed E-state index contributed by atoms with van der Waals surface area (Å²) in [7, 11) is 0. The average Bonchev–Trinajstić information content (AvgIpc) is 3.97. The van der Waals surface area contributed by atoms with Gasteiger partial charge in [-0.3, -0.25) is 4.79 Å². The second kappa shape index (κ2) is 11.8. The minimum absolute atomic E-state index is 0.0592. The number of aromatic nitrogens is 3. The van der Waals surface area contributed by atoms with Crippen molar-refractivity contribution >= 4 is 38.7 Å². The van der Waals surface area contributed by atoms with Gasteiger partial charge in [-0.2, -0.15) is 8.78 Å². The van der Waals surface area contributed by atoms with E-state index in [0.717, 1.165) is 50.8 Å². The molecule has 0 radical (unpaired) electrons. The van der Waals surface area contributed by atoms with Crippen LogP contribution in [-0.4, -0.2) is 44.7 Å². The molecule has 1 saturated carbocycles. The number of H-pyrrole nitrogens is 1. The van der Waals surface area contributed by atoms with Crippen LogP contribution < -0.4 is 21.1 Å². The zero-order chi connectivity index (χ0) is 36.2.